The molecule has 228 valence electrons. The minimum atomic E-state index is -1.01. The number of aromatic nitrogens is 1. The van der Waals surface area contributed by atoms with Gasteiger partial charge in [-0.05, 0) is 66.9 Å². The number of nitrogens with one attached hydrogen (secondary N) is 2. The molecule has 0 fully saturated rings. The zero-order valence-corrected chi connectivity index (χ0v) is 25.2. The molecular formula is C35H39N5O4. The van der Waals surface area contributed by atoms with Crippen LogP contribution in [0.25, 0.3) is 0 Å². The highest BCUT2D eigenvalue weighted by Crippen LogP contribution is 2.16. The molecule has 0 radical (unpaired) electrons. The first kappa shape index (κ1) is 31.9. The number of aryl methyl sites for hydroxylation is 1. The third kappa shape index (κ3) is 9.24. The molecule has 4 amide bonds. The van der Waals surface area contributed by atoms with Crippen molar-refractivity contribution in [2.45, 2.75) is 45.8 Å². The molecule has 0 bridgehead atoms. The molecule has 0 aliphatic heterocycles. The predicted molar refractivity (Wildman–Crippen MR) is 170 cm³/mol. The van der Waals surface area contributed by atoms with E-state index in [0.29, 0.717) is 30.9 Å². The summed E-state index contributed by atoms with van der Waals surface area (Å²) in [4.78, 5) is 46.6. The molecule has 0 aliphatic carbocycles. The normalized spacial score (nSPS) is 11.3. The molecule has 9 heteroatoms. The van der Waals surface area contributed by atoms with Crippen molar-refractivity contribution < 1.29 is 19.1 Å². The van der Waals surface area contributed by atoms with Crippen LogP contribution in [0.5, 0.6) is 5.75 Å². The van der Waals surface area contributed by atoms with Crippen LogP contribution in [0, 0.1) is 6.92 Å². The van der Waals surface area contributed by atoms with Crippen LogP contribution >= 0.6 is 0 Å². The maximum absolute atomic E-state index is 14.2. The summed E-state index contributed by atoms with van der Waals surface area (Å²) in [5.74, 6) is -0.218. The average molecular weight is 594 g/mol. The molecule has 1 atom stereocenters. The molecule has 0 aliphatic rings. The van der Waals surface area contributed by atoms with Crippen molar-refractivity contribution >= 4 is 17.8 Å². The highest BCUT2D eigenvalue weighted by molar-refractivity contribution is 6.01. The van der Waals surface area contributed by atoms with Crippen LogP contribution in [0.3, 0.4) is 0 Å². The summed E-state index contributed by atoms with van der Waals surface area (Å²) < 4.78 is 5.56. The van der Waals surface area contributed by atoms with Gasteiger partial charge in [-0.2, -0.15) is 0 Å². The van der Waals surface area contributed by atoms with Crippen molar-refractivity contribution in [3.63, 3.8) is 0 Å². The fraction of sp³-hybridized carbons (Fsp3) is 0.257. The number of ether oxygens (including phenoxy) is 1. The minimum absolute atomic E-state index is 0.0774. The Morgan fingerprint density at radius 2 is 1.57 bits per heavy atom. The summed E-state index contributed by atoms with van der Waals surface area (Å²) in [7, 11) is 0. The number of benzene rings is 3. The van der Waals surface area contributed by atoms with E-state index in [1.54, 1.807) is 18.3 Å². The van der Waals surface area contributed by atoms with Gasteiger partial charge in [-0.3, -0.25) is 19.5 Å². The van der Waals surface area contributed by atoms with Crippen LogP contribution in [0.15, 0.2) is 97.2 Å². The number of pyridine rings is 1. The number of nitrogens with zero attached hydrogens (tertiary/aromatic N) is 2. The van der Waals surface area contributed by atoms with Crippen molar-refractivity contribution in [2.75, 3.05) is 13.2 Å². The molecule has 1 aromatic heterocycles. The smallest absolute Gasteiger partial charge is 0.324 e. The number of hydrogen-bond acceptors (Lipinski definition) is 6. The van der Waals surface area contributed by atoms with Crippen LogP contribution in [-0.2, 0) is 30.7 Å². The van der Waals surface area contributed by atoms with E-state index in [1.807, 2.05) is 92.7 Å². The zero-order chi connectivity index (χ0) is 31.3. The Labute approximate surface area is 258 Å². The van der Waals surface area contributed by atoms with Crippen molar-refractivity contribution in [2.24, 2.45) is 5.73 Å². The van der Waals surface area contributed by atoms with E-state index >= 15 is 0 Å². The number of imide groups is 1. The van der Waals surface area contributed by atoms with Crippen molar-refractivity contribution in [3.05, 3.63) is 131 Å². The molecule has 0 saturated heterocycles. The van der Waals surface area contributed by atoms with E-state index in [1.165, 1.54) is 0 Å². The molecule has 3 aromatic carbocycles. The SMILES string of the molecule is CCOc1ccc(C[C@@H](NC(=O)c2ccc(C)cc2)C(=O)N(CCc2ccccn2)C(=O)NCc2ccc(CN)cc2)cc1. The van der Waals surface area contributed by atoms with Crippen molar-refractivity contribution in [1.29, 1.82) is 0 Å². The summed E-state index contributed by atoms with van der Waals surface area (Å²) in [5, 5.41) is 5.76. The number of urea groups is 1. The first-order chi connectivity index (χ1) is 21.4. The lowest BCUT2D eigenvalue weighted by molar-refractivity contribution is -0.130. The molecule has 4 rings (SSSR count). The Balaban J connectivity index is 1.58. The van der Waals surface area contributed by atoms with Crippen molar-refractivity contribution in [1.82, 2.24) is 20.5 Å². The van der Waals surface area contributed by atoms with Crippen LogP contribution in [0.2, 0.25) is 0 Å². The second kappa shape index (κ2) is 16.0. The number of hydrogen-bond donors (Lipinski definition) is 3. The predicted octanol–water partition coefficient (Wildman–Crippen LogP) is 4.57. The highest BCUT2D eigenvalue weighted by atomic mass is 16.5. The van der Waals surface area contributed by atoms with E-state index < -0.39 is 23.9 Å². The second-order valence-electron chi connectivity index (χ2n) is 10.4. The number of nitrogens with two attached hydrogens (primary N) is 1. The lowest BCUT2D eigenvalue weighted by Crippen LogP contribution is -2.54. The van der Waals surface area contributed by atoms with Gasteiger partial charge < -0.3 is 21.1 Å². The van der Waals surface area contributed by atoms with Crippen LogP contribution in [-0.4, -0.2) is 46.9 Å². The average Bonchev–Trinajstić information content (AvgIpc) is 3.05. The number of amides is 4. The molecule has 44 heavy (non-hydrogen) atoms. The van der Waals surface area contributed by atoms with Gasteiger partial charge in [-0.1, -0.05) is 60.2 Å². The monoisotopic (exact) mass is 593 g/mol. The number of carbonyl (C=O) groups excluding carboxylic acids is 3. The maximum Gasteiger partial charge on any atom is 0.324 e. The Morgan fingerprint density at radius 1 is 0.886 bits per heavy atom. The van der Waals surface area contributed by atoms with E-state index in [2.05, 4.69) is 15.6 Å². The fourth-order valence-corrected chi connectivity index (χ4v) is 4.61. The molecule has 1 heterocycles. The fourth-order valence-electron chi connectivity index (χ4n) is 4.61. The van der Waals surface area contributed by atoms with Crippen LogP contribution in [0.1, 0.15) is 45.2 Å². The lowest BCUT2D eigenvalue weighted by Gasteiger charge is -2.27. The number of carbonyl (C=O) groups is 3. The number of rotatable bonds is 13. The van der Waals surface area contributed by atoms with Crippen LogP contribution < -0.4 is 21.1 Å². The van der Waals surface area contributed by atoms with Gasteiger partial charge in [0.2, 0.25) is 0 Å². The quantitative estimate of drug-likeness (QED) is 0.209. The van der Waals surface area contributed by atoms with Gasteiger partial charge in [0.15, 0.2) is 0 Å². The molecule has 0 unspecified atom stereocenters. The third-order valence-corrected chi connectivity index (χ3v) is 7.12. The zero-order valence-electron chi connectivity index (χ0n) is 25.2. The Hall–Kier alpha value is -5.02. The molecule has 4 aromatic rings. The van der Waals surface area contributed by atoms with E-state index in [9.17, 15) is 14.4 Å². The van der Waals surface area contributed by atoms with Gasteiger partial charge in [0.05, 0.1) is 6.61 Å². The van der Waals surface area contributed by atoms with Gasteiger partial charge >= 0.3 is 6.03 Å². The van der Waals surface area contributed by atoms with Gasteiger partial charge in [-0.15, -0.1) is 0 Å². The lowest BCUT2D eigenvalue weighted by atomic mass is 10.0. The summed E-state index contributed by atoms with van der Waals surface area (Å²) in [6.45, 7) is 5.09. The first-order valence-corrected chi connectivity index (χ1v) is 14.7. The summed E-state index contributed by atoms with van der Waals surface area (Å²) in [6, 6.07) is 26.0. The Morgan fingerprint density at radius 3 is 2.20 bits per heavy atom. The standard InChI is InChI=1S/C35H39N5O4/c1-3-44-31-17-13-26(14-18-31)22-32(39-33(41)29-15-7-25(2)8-16-29)34(42)40(21-19-30-6-4-5-20-37-30)35(43)38-24-28-11-9-27(23-36)10-12-28/h4-18,20,32H,3,19,21-24,36H2,1-2H3,(H,38,43)(H,39,41)/t32-/m1/s1. The van der Waals surface area contributed by atoms with Gasteiger partial charge in [0, 0.05) is 49.9 Å². The van der Waals surface area contributed by atoms with E-state index in [-0.39, 0.29) is 19.5 Å². The van der Waals surface area contributed by atoms with Gasteiger partial charge in [-0.25, -0.2) is 4.79 Å². The Bertz CT molecular complexity index is 1510. The molecule has 0 saturated carbocycles. The van der Waals surface area contributed by atoms with Gasteiger partial charge in [0.25, 0.3) is 11.8 Å². The molecule has 9 nitrogen and oxygen atoms in total. The second-order valence-corrected chi connectivity index (χ2v) is 10.4. The van der Waals surface area contributed by atoms with Crippen LogP contribution in [0.4, 0.5) is 4.79 Å². The summed E-state index contributed by atoms with van der Waals surface area (Å²) >= 11 is 0. The summed E-state index contributed by atoms with van der Waals surface area (Å²) in [6.07, 6.45) is 2.20. The highest BCUT2D eigenvalue weighted by Gasteiger charge is 2.30. The van der Waals surface area contributed by atoms with Gasteiger partial charge in [0.1, 0.15) is 11.8 Å². The largest absolute Gasteiger partial charge is 0.494 e. The minimum Gasteiger partial charge on any atom is -0.494 e. The molecule has 4 N–H and O–H groups in total. The molecular weight excluding hydrogens is 554 g/mol. The first-order valence-electron chi connectivity index (χ1n) is 14.7. The topological polar surface area (TPSA) is 127 Å². The maximum atomic E-state index is 14.2. The van der Waals surface area contributed by atoms with E-state index in [4.69, 9.17) is 10.5 Å². The third-order valence-electron chi connectivity index (χ3n) is 7.12. The molecule has 0 spiro atoms. The van der Waals surface area contributed by atoms with Crippen molar-refractivity contribution in [3.8, 4) is 5.75 Å². The Kier molecular flexibility index (Phi) is 11.6. The summed E-state index contributed by atoms with van der Waals surface area (Å²) in [5.41, 5.74) is 10.5. The van der Waals surface area contributed by atoms with E-state index in [0.717, 1.165) is 32.8 Å².